The summed E-state index contributed by atoms with van der Waals surface area (Å²) in [5.41, 5.74) is 8.81. The number of aliphatic hydroxyl groups excluding tert-OH is 1. The van der Waals surface area contributed by atoms with E-state index < -0.39 is 17.0 Å². The number of aliphatic carboxylic acids is 1. The minimum Gasteiger partial charge on any atom is -0.480 e. The second-order valence-electron chi connectivity index (χ2n) is 26.1. The van der Waals surface area contributed by atoms with Gasteiger partial charge in [-0.3, -0.25) is 24.5 Å². The predicted molar refractivity (Wildman–Crippen MR) is 345 cm³/mol. The van der Waals surface area contributed by atoms with Gasteiger partial charge in [0.05, 0.1) is 96.6 Å². The van der Waals surface area contributed by atoms with Crippen LogP contribution in [0.25, 0.3) is 0 Å². The monoisotopic (exact) mass is 1290 g/mol. The molecular formula is C73H99N3O17. The molecule has 6 saturated carbocycles. The van der Waals surface area contributed by atoms with Gasteiger partial charge in [0.2, 0.25) is 0 Å². The number of ether oxygens (including phenoxy) is 10. The highest BCUT2D eigenvalue weighted by molar-refractivity contribution is 6.07. The van der Waals surface area contributed by atoms with E-state index in [9.17, 15) is 29.1 Å². The first-order valence-electron chi connectivity index (χ1n) is 33.9. The van der Waals surface area contributed by atoms with E-state index in [-0.39, 0.29) is 53.7 Å². The van der Waals surface area contributed by atoms with E-state index in [0.717, 1.165) is 140 Å². The van der Waals surface area contributed by atoms with Crippen LogP contribution >= 0.6 is 0 Å². The summed E-state index contributed by atoms with van der Waals surface area (Å²) in [6.45, 7) is 6.85. The lowest BCUT2D eigenvalue weighted by molar-refractivity contribution is -0.192. The van der Waals surface area contributed by atoms with Crippen molar-refractivity contribution < 1.29 is 81.6 Å². The number of benzene rings is 4. The highest BCUT2D eigenvalue weighted by Crippen LogP contribution is 2.39. The SMILES string of the molecule is NC1(C(=O)O)CCC(OCc2ccccc2)CC1.O=C1CCC(OCc2ccccc2)CC1.O=C1CCC2(CC1)OCCO2.O=C1NC(=O)C2(CCC(OCc3ccccc3)CC2)N1.OC1CCC2(CC1)OCCO2.c1ccc(COC2CCC3(CC2)OCCO3)cc1. The van der Waals surface area contributed by atoms with Gasteiger partial charge in [0.1, 0.15) is 22.6 Å². The van der Waals surface area contributed by atoms with E-state index >= 15 is 0 Å². The Morgan fingerprint density at radius 3 is 1.05 bits per heavy atom. The Kier molecular flexibility index (Phi) is 27.5. The zero-order valence-electron chi connectivity index (χ0n) is 54.1. The average molecular weight is 1290 g/mol. The van der Waals surface area contributed by atoms with E-state index in [2.05, 4.69) is 47.0 Å². The van der Waals surface area contributed by atoms with Gasteiger partial charge in [0.15, 0.2) is 17.4 Å². The molecule has 4 heterocycles. The van der Waals surface area contributed by atoms with E-state index in [1.165, 1.54) is 11.1 Å². The molecule has 0 bridgehead atoms. The van der Waals surface area contributed by atoms with Gasteiger partial charge in [-0.15, -0.1) is 0 Å². The van der Waals surface area contributed by atoms with Crippen LogP contribution in [-0.2, 0) is 93.0 Å². The van der Waals surface area contributed by atoms with Crippen LogP contribution in [0.2, 0.25) is 0 Å². The standard InChI is InChI=1S/C15H18N2O3.C15H20O3.C14H19NO3.C13H16O2.C8H14O3.C8H12O3/c18-13-15(17-14(19)16-13)8-6-12(7-9-15)20-10-11-4-2-1-3-5-11;1-2-4-13(5-3-1)12-16-14-6-8-15(9-7-14)17-10-11-18-15;15-14(13(16)17)8-6-12(7-9-14)18-10-11-4-2-1-3-5-11;14-12-6-8-13(9-7-12)15-10-11-4-2-1-3-5-11;2*9-7-1-3-8(4-2-7)10-5-6-11-8/h1-5,12H,6-10H2,(H2,16,17,18,19);1-5,14H,6-12H2;1-5,12H,6-10,15H2,(H,16,17);1-5,13H,6-10H2;7,9H,1-6H2;1-6H2. The molecule has 6 N–H and O–H groups in total. The number of aliphatic hydroxyl groups is 1. The van der Waals surface area contributed by atoms with Crippen LogP contribution in [0.4, 0.5) is 4.79 Å². The first kappa shape index (κ1) is 71.4. The number of imide groups is 1. The molecule has 508 valence electrons. The maximum atomic E-state index is 11.8. The van der Waals surface area contributed by atoms with Crippen LogP contribution in [0, 0.1) is 0 Å². The van der Waals surface area contributed by atoms with Crippen LogP contribution in [-0.4, -0.2) is 138 Å². The van der Waals surface area contributed by atoms with Gasteiger partial charge >= 0.3 is 12.0 Å². The molecule has 20 heteroatoms. The summed E-state index contributed by atoms with van der Waals surface area (Å²) in [6, 6.07) is 40.1. The number of rotatable bonds is 13. The van der Waals surface area contributed by atoms with Crippen molar-refractivity contribution in [2.24, 2.45) is 5.73 Å². The fourth-order valence-corrected chi connectivity index (χ4v) is 13.4. The molecule has 4 aliphatic heterocycles. The molecule has 4 spiro atoms. The quantitative estimate of drug-likeness (QED) is 0.0779. The Morgan fingerprint density at radius 1 is 0.419 bits per heavy atom. The molecule has 20 nitrogen and oxygen atoms in total. The Morgan fingerprint density at radius 2 is 0.720 bits per heavy atom. The molecule has 14 rings (SSSR count). The number of Topliss-reactive ketones (excluding diaryl/α,β-unsaturated/α-hetero) is 2. The van der Waals surface area contributed by atoms with Gasteiger partial charge in [0.25, 0.3) is 5.91 Å². The molecule has 0 atom stereocenters. The summed E-state index contributed by atoms with van der Waals surface area (Å²) in [5, 5.41) is 23.3. The second kappa shape index (κ2) is 35.8. The van der Waals surface area contributed by atoms with Crippen LogP contribution < -0.4 is 16.4 Å². The summed E-state index contributed by atoms with van der Waals surface area (Å²) in [7, 11) is 0. The topological polar surface area (TPSA) is 268 Å². The summed E-state index contributed by atoms with van der Waals surface area (Å²) < 4.78 is 56.7. The number of carboxylic acids is 1. The van der Waals surface area contributed by atoms with Crippen LogP contribution in [0.5, 0.6) is 0 Å². The maximum Gasteiger partial charge on any atom is 0.323 e. The Bertz CT molecular complexity index is 2850. The first-order chi connectivity index (χ1) is 45.1. The Labute approximate surface area is 547 Å². The van der Waals surface area contributed by atoms with Crippen molar-refractivity contribution in [3.8, 4) is 0 Å². The number of nitrogens with one attached hydrogen (secondary N) is 2. The zero-order chi connectivity index (χ0) is 65.3. The van der Waals surface area contributed by atoms with Crippen LogP contribution in [0.3, 0.4) is 0 Å². The van der Waals surface area contributed by atoms with Crippen LogP contribution in [0.15, 0.2) is 121 Å². The van der Waals surface area contributed by atoms with E-state index in [1.807, 2.05) is 84.9 Å². The van der Waals surface area contributed by atoms with E-state index in [0.29, 0.717) is 109 Å². The maximum absolute atomic E-state index is 11.8. The number of carbonyl (C=O) groups excluding carboxylic acids is 4. The highest BCUT2D eigenvalue weighted by atomic mass is 16.7. The number of amides is 3. The van der Waals surface area contributed by atoms with Crippen LogP contribution in [0.1, 0.15) is 176 Å². The number of carboxylic acid groups (broad SMARTS) is 1. The second-order valence-corrected chi connectivity index (χ2v) is 26.1. The number of nitrogens with two attached hydrogens (primary N) is 1. The molecule has 4 saturated heterocycles. The molecule has 93 heavy (non-hydrogen) atoms. The molecular weight excluding hydrogens is 1190 g/mol. The highest BCUT2D eigenvalue weighted by Gasteiger charge is 2.49. The molecule has 3 amide bonds. The van der Waals surface area contributed by atoms with Crippen molar-refractivity contribution >= 4 is 29.5 Å². The molecule has 6 aliphatic carbocycles. The zero-order valence-corrected chi connectivity index (χ0v) is 54.1. The third-order valence-electron chi connectivity index (χ3n) is 19.3. The number of hydrogen-bond donors (Lipinski definition) is 5. The number of hydrogen-bond acceptors (Lipinski definition) is 17. The lowest BCUT2D eigenvalue weighted by Gasteiger charge is -2.35. The van der Waals surface area contributed by atoms with Crippen molar-refractivity contribution in [2.75, 3.05) is 39.6 Å². The molecule has 4 aromatic rings. The molecule has 0 radical (unpaired) electrons. The predicted octanol–water partition coefficient (Wildman–Crippen LogP) is 10.8. The summed E-state index contributed by atoms with van der Waals surface area (Å²) in [6.07, 6.45) is 19.4. The number of urea groups is 1. The van der Waals surface area contributed by atoms with Gasteiger partial charge in [0, 0.05) is 64.2 Å². The molecule has 0 unspecified atom stereocenters. The van der Waals surface area contributed by atoms with Crippen molar-refractivity contribution in [3.05, 3.63) is 144 Å². The van der Waals surface area contributed by atoms with Gasteiger partial charge < -0.3 is 68.6 Å². The van der Waals surface area contributed by atoms with E-state index in [1.54, 1.807) is 0 Å². The minimum atomic E-state index is -1.05. The third-order valence-corrected chi connectivity index (χ3v) is 19.3. The Hall–Kier alpha value is -5.85. The first-order valence-corrected chi connectivity index (χ1v) is 33.9. The van der Waals surface area contributed by atoms with Gasteiger partial charge in [-0.05, 0) is 112 Å². The third kappa shape index (κ3) is 22.6. The van der Waals surface area contributed by atoms with Crippen molar-refractivity contribution in [1.82, 2.24) is 10.6 Å². The molecule has 4 aromatic carbocycles. The molecule has 10 fully saturated rings. The van der Waals surface area contributed by atoms with Crippen molar-refractivity contribution in [1.29, 1.82) is 0 Å². The summed E-state index contributed by atoms with van der Waals surface area (Å²) in [5.74, 6) is -1.31. The summed E-state index contributed by atoms with van der Waals surface area (Å²) in [4.78, 5) is 56.0. The smallest absolute Gasteiger partial charge is 0.323 e. The number of ketones is 2. The lowest BCUT2D eigenvalue weighted by Crippen LogP contribution is -2.51. The molecule has 0 aromatic heterocycles. The minimum absolute atomic E-state index is 0.126. The molecule has 10 aliphatic rings. The number of carbonyl (C=O) groups is 5. The largest absolute Gasteiger partial charge is 0.480 e. The van der Waals surface area contributed by atoms with Crippen molar-refractivity contribution in [2.45, 2.75) is 239 Å². The lowest BCUT2D eigenvalue weighted by atomic mass is 9.80. The van der Waals surface area contributed by atoms with Crippen molar-refractivity contribution in [3.63, 3.8) is 0 Å². The van der Waals surface area contributed by atoms with E-state index in [4.69, 9.17) is 58.2 Å². The average Bonchev–Trinajstić information content (AvgIpc) is 1.73. The fourth-order valence-electron chi connectivity index (χ4n) is 13.4. The van der Waals surface area contributed by atoms with Gasteiger partial charge in [-0.25, -0.2) is 4.79 Å². The summed E-state index contributed by atoms with van der Waals surface area (Å²) >= 11 is 0. The normalized spacial score (nSPS) is 25.4. The fraction of sp³-hybridized carbons (Fsp3) is 0.603. The Balaban J connectivity index is 0.000000133. The van der Waals surface area contributed by atoms with Gasteiger partial charge in [-0.1, -0.05) is 121 Å². The van der Waals surface area contributed by atoms with Gasteiger partial charge in [-0.2, -0.15) is 0 Å².